The Bertz CT molecular complexity index is 351. The number of epoxide rings is 1. The maximum absolute atomic E-state index is 9.58. The summed E-state index contributed by atoms with van der Waals surface area (Å²) in [5, 5.41) is 9.58. The molecule has 2 heteroatoms. The number of ether oxygens (including phenoxy) is 1. The van der Waals surface area contributed by atoms with Crippen molar-refractivity contribution in [1.29, 1.82) is 0 Å². The van der Waals surface area contributed by atoms with E-state index < -0.39 is 0 Å². The third-order valence-corrected chi connectivity index (χ3v) is 5.67. The molecule has 0 aromatic heterocycles. The Balaban J connectivity index is 1.77. The SMILES string of the molecule is C=C1CCC2O[C@]2(C)CC[C@@H]2[C@@H]1C[C@@]2(C)CO. The first-order chi connectivity index (χ1) is 7.98. The summed E-state index contributed by atoms with van der Waals surface area (Å²) in [5.41, 5.74) is 1.68. The first-order valence-corrected chi connectivity index (χ1v) is 6.95. The van der Waals surface area contributed by atoms with Gasteiger partial charge in [0.1, 0.15) is 0 Å². The lowest BCUT2D eigenvalue weighted by Crippen LogP contribution is -2.49. The van der Waals surface area contributed by atoms with Crippen LogP contribution in [-0.2, 0) is 4.74 Å². The minimum atomic E-state index is 0.138. The molecule has 2 saturated carbocycles. The van der Waals surface area contributed by atoms with Gasteiger partial charge in [-0.1, -0.05) is 19.1 Å². The summed E-state index contributed by atoms with van der Waals surface area (Å²) in [4.78, 5) is 0. The molecule has 3 aliphatic rings. The van der Waals surface area contributed by atoms with E-state index in [1.807, 2.05) is 0 Å². The van der Waals surface area contributed by atoms with Crippen LogP contribution in [0.1, 0.15) is 46.0 Å². The molecule has 17 heavy (non-hydrogen) atoms. The normalized spacial score (nSPS) is 53.6. The van der Waals surface area contributed by atoms with Gasteiger partial charge in [0.15, 0.2) is 0 Å². The third-order valence-electron chi connectivity index (χ3n) is 5.67. The fraction of sp³-hybridized carbons (Fsp3) is 0.867. The molecule has 1 N–H and O–H groups in total. The summed E-state index contributed by atoms with van der Waals surface area (Å²) in [6.07, 6.45) is 6.21. The Hall–Kier alpha value is -0.340. The molecular weight excluding hydrogens is 212 g/mol. The Morgan fingerprint density at radius 3 is 2.88 bits per heavy atom. The van der Waals surface area contributed by atoms with Crippen molar-refractivity contribution in [2.24, 2.45) is 17.3 Å². The molecule has 1 heterocycles. The van der Waals surface area contributed by atoms with Gasteiger partial charge in [-0.15, -0.1) is 0 Å². The van der Waals surface area contributed by atoms with Gasteiger partial charge >= 0.3 is 0 Å². The molecule has 1 saturated heterocycles. The van der Waals surface area contributed by atoms with Gasteiger partial charge in [-0.25, -0.2) is 0 Å². The van der Waals surface area contributed by atoms with Crippen LogP contribution in [0, 0.1) is 17.3 Å². The van der Waals surface area contributed by atoms with E-state index in [-0.39, 0.29) is 11.0 Å². The lowest BCUT2D eigenvalue weighted by atomic mass is 9.51. The van der Waals surface area contributed by atoms with Crippen LogP contribution >= 0.6 is 0 Å². The van der Waals surface area contributed by atoms with Crippen LogP contribution in [0.25, 0.3) is 0 Å². The number of aliphatic hydroxyl groups is 1. The summed E-state index contributed by atoms with van der Waals surface area (Å²) < 4.78 is 5.84. The summed E-state index contributed by atoms with van der Waals surface area (Å²) in [6, 6.07) is 0. The van der Waals surface area contributed by atoms with Crippen LogP contribution in [0.3, 0.4) is 0 Å². The molecular formula is C15H24O2. The van der Waals surface area contributed by atoms with Crippen molar-refractivity contribution >= 4 is 0 Å². The largest absolute Gasteiger partial charge is 0.396 e. The van der Waals surface area contributed by atoms with Crippen LogP contribution in [0.5, 0.6) is 0 Å². The zero-order valence-corrected chi connectivity index (χ0v) is 11.0. The van der Waals surface area contributed by atoms with Gasteiger partial charge in [0.05, 0.1) is 11.7 Å². The van der Waals surface area contributed by atoms with Crippen molar-refractivity contribution in [1.82, 2.24) is 0 Å². The van der Waals surface area contributed by atoms with Crippen molar-refractivity contribution in [2.45, 2.75) is 57.7 Å². The number of fused-ring (bicyclic) bond motifs is 2. The van der Waals surface area contributed by atoms with E-state index >= 15 is 0 Å². The van der Waals surface area contributed by atoms with Gasteiger partial charge < -0.3 is 9.84 Å². The fourth-order valence-electron chi connectivity index (χ4n) is 4.10. The minimum Gasteiger partial charge on any atom is -0.396 e. The number of hydrogen-bond donors (Lipinski definition) is 1. The molecule has 0 radical (unpaired) electrons. The van der Waals surface area contributed by atoms with Crippen LogP contribution in [-0.4, -0.2) is 23.4 Å². The fourth-order valence-corrected chi connectivity index (χ4v) is 4.10. The second kappa shape index (κ2) is 3.58. The second-order valence-electron chi connectivity index (χ2n) is 6.88. The molecule has 1 aliphatic heterocycles. The topological polar surface area (TPSA) is 32.8 Å². The average molecular weight is 236 g/mol. The van der Waals surface area contributed by atoms with E-state index in [0.717, 1.165) is 25.7 Å². The van der Waals surface area contributed by atoms with E-state index in [9.17, 15) is 5.11 Å². The summed E-state index contributed by atoms with van der Waals surface area (Å²) >= 11 is 0. The third kappa shape index (κ3) is 1.68. The number of hydrogen-bond acceptors (Lipinski definition) is 2. The highest BCUT2D eigenvalue weighted by Crippen LogP contribution is 2.59. The van der Waals surface area contributed by atoms with E-state index in [4.69, 9.17) is 4.74 Å². The molecule has 3 fully saturated rings. The molecule has 0 bridgehead atoms. The lowest BCUT2D eigenvalue weighted by Gasteiger charge is -2.54. The highest BCUT2D eigenvalue weighted by Gasteiger charge is 2.56. The highest BCUT2D eigenvalue weighted by atomic mass is 16.6. The second-order valence-corrected chi connectivity index (χ2v) is 6.88. The maximum atomic E-state index is 9.58. The van der Waals surface area contributed by atoms with Gasteiger partial charge in [0, 0.05) is 6.61 Å². The molecule has 0 aromatic rings. The molecule has 5 atom stereocenters. The Kier molecular flexibility index (Phi) is 2.47. The zero-order valence-electron chi connectivity index (χ0n) is 11.0. The van der Waals surface area contributed by atoms with Gasteiger partial charge in [0.25, 0.3) is 0 Å². The summed E-state index contributed by atoms with van der Waals surface area (Å²) in [5.74, 6) is 1.29. The Morgan fingerprint density at radius 2 is 2.18 bits per heavy atom. The van der Waals surface area contributed by atoms with Crippen LogP contribution < -0.4 is 0 Å². The van der Waals surface area contributed by atoms with Crippen molar-refractivity contribution in [3.05, 3.63) is 12.2 Å². The zero-order chi connectivity index (χ0) is 12.3. The Morgan fingerprint density at radius 1 is 1.41 bits per heavy atom. The minimum absolute atomic E-state index is 0.138. The highest BCUT2D eigenvalue weighted by molar-refractivity contribution is 5.17. The standard InChI is InChI=1S/C15H24O2/c1-10-4-5-13-15(3,17-13)7-6-12-11(10)8-14(12,2)9-16/h11-13,16H,1,4-9H2,2-3H3/t11-,12-,13?,14+,15-/m1/s1. The molecule has 2 nitrogen and oxygen atoms in total. The predicted molar refractivity (Wildman–Crippen MR) is 67.7 cm³/mol. The predicted octanol–water partition coefficient (Wildman–Crippen LogP) is 2.91. The molecule has 0 aromatic carbocycles. The maximum Gasteiger partial charge on any atom is 0.0920 e. The summed E-state index contributed by atoms with van der Waals surface area (Å²) in [7, 11) is 0. The number of aliphatic hydroxyl groups excluding tert-OH is 1. The number of allylic oxidation sites excluding steroid dienone is 1. The van der Waals surface area contributed by atoms with Crippen molar-refractivity contribution in [3.63, 3.8) is 0 Å². The summed E-state index contributed by atoms with van der Waals surface area (Å²) in [6.45, 7) is 9.08. The molecule has 2 aliphatic carbocycles. The first-order valence-electron chi connectivity index (χ1n) is 6.95. The first kappa shape index (κ1) is 11.7. The monoisotopic (exact) mass is 236 g/mol. The van der Waals surface area contributed by atoms with E-state index in [0.29, 0.717) is 24.5 Å². The van der Waals surface area contributed by atoms with Gasteiger partial charge in [-0.2, -0.15) is 0 Å². The quantitative estimate of drug-likeness (QED) is 0.561. The molecule has 0 amide bonds. The Labute approximate surface area is 104 Å². The van der Waals surface area contributed by atoms with E-state index in [1.165, 1.54) is 12.0 Å². The van der Waals surface area contributed by atoms with Gasteiger partial charge in [-0.05, 0) is 56.3 Å². The van der Waals surface area contributed by atoms with Crippen molar-refractivity contribution in [3.8, 4) is 0 Å². The molecule has 96 valence electrons. The smallest absolute Gasteiger partial charge is 0.0920 e. The van der Waals surface area contributed by atoms with Gasteiger partial charge in [-0.3, -0.25) is 0 Å². The van der Waals surface area contributed by atoms with Crippen LogP contribution in [0.15, 0.2) is 12.2 Å². The van der Waals surface area contributed by atoms with Crippen LogP contribution in [0.4, 0.5) is 0 Å². The van der Waals surface area contributed by atoms with E-state index in [2.05, 4.69) is 20.4 Å². The molecule has 0 spiro atoms. The van der Waals surface area contributed by atoms with Crippen molar-refractivity contribution < 1.29 is 9.84 Å². The molecule has 3 rings (SSSR count). The lowest BCUT2D eigenvalue weighted by molar-refractivity contribution is -0.0602. The van der Waals surface area contributed by atoms with Gasteiger partial charge in [0.2, 0.25) is 0 Å². The molecule has 1 unspecified atom stereocenters. The number of rotatable bonds is 1. The average Bonchev–Trinajstić information content (AvgIpc) is 2.92. The van der Waals surface area contributed by atoms with E-state index in [1.54, 1.807) is 0 Å². The van der Waals surface area contributed by atoms with Crippen molar-refractivity contribution in [2.75, 3.05) is 6.61 Å². The van der Waals surface area contributed by atoms with Crippen LogP contribution in [0.2, 0.25) is 0 Å².